The van der Waals surface area contributed by atoms with Crippen LogP contribution in [0.5, 0.6) is 5.88 Å². The van der Waals surface area contributed by atoms with Gasteiger partial charge in [0.1, 0.15) is 0 Å². The molecule has 0 atom stereocenters. The number of carbonyl (C=O) groups excluding carboxylic acids is 1. The lowest BCUT2D eigenvalue weighted by Crippen LogP contribution is -2.23. The van der Waals surface area contributed by atoms with Gasteiger partial charge in [0, 0.05) is 25.0 Å². The van der Waals surface area contributed by atoms with Crippen LogP contribution in [0.15, 0.2) is 42.9 Å². The summed E-state index contributed by atoms with van der Waals surface area (Å²) in [7, 11) is 1.53. The minimum absolute atomic E-state index is 0.187. The zero-order valence-corrected chi connectivity index (χ0v) is 14.0. The summed E-state index contributed by atoms with van der Waals surface area (Å²) < 4.78 is 6.62. The first-order valence-electron chi connectivity index (χ1n) is 7.85. The van der Waals surface area contributed by atoms with Gasteiger partial charge < -0.3 is 10.1 Å². The standard InChI is InChI=1S/C17H18N6O2/c1-3-14-13(17(24)19-10-12-5-4-8-18-9-12)11-20-23(14)15-6-7-16(25-2)22-21-15/h4-9,11H,3,10H2,1-2H3,(H,19,24). The first kappa shape index (κ1) is 16.6. The summed E-state index contributed by atoms with van der Waals surface area (Å²) in [5, 5.41) is 15.2. The van der Waals surface area contributed by atoms with Crippen LogP contribution in [-0.4, -0.2) is 38.0 Å². The Hall–Kier alpha value is -3.29. The van der Waals surface area contributed by atoms with Crippen molar-refractivity contribution in [2.24, 2.45) is 0 Å². The van der Waals surface area contributed by atoms with Crippen molar-refractivity contribution in [1.82, 2.24) is 30.3 Å². The van der Waals surface area contributed by atoms with Crippen LogP contribution in [0.1, 0.15) is 28.5 Å². The van der Waals surface area contributed by atoms with Gasteiger partial charge in [0.25, 0.3) is 5.91 Å². The molecule has 0 spiro atoms. The van der Waals surface area contributed by atoms with E-state index in [0.717, 1.165) is 11.3 Å². The number of hydrogen-bond acceptors (Lipinski definition) is 6. The van der Waals surface area contributed by atoms with Gasteiger partial charge in [0.15, 0.2) is 5.82 Å². The van der Waals surface area contributed by atoms with E-state index in [1.54, 1.807) is 35.4 Å². The van der Waals surface area contributed by atoms with E-state index in [9.17, 15) is 4.79 Å². The molecule has 0 saturated carbocycles. The van der Waals surface area contributed by atoms with Crippen molar-refractivity contribution in [3.05, 3.63) is 59.7 Å². The molecule has 128 valence electrons. The smallest absolute Gasteiger partial charge is 0.255 e. The largest absolute Gasteiger partial charge is 0.480 e. The molecule has 3 rings (SSSR count). The Balaban J connectivity index is 1.80. The Morgan fingerprint density at radius 2 is 2.12 bits per heavy atom. The highest BCUT2D eigenvalue weighted by atomic mass is 16.5. The Bertz CT molecular complexity index is 845. The SMILES string of the molecule is CCc1c(C(=O)NCc2cccnc2)cnn1-c1ccc(OC)nn1. The number of pyridine rings is 1. The van der Waals surface area contributed by atoms with Crippen LogP contribution in [0, 0.1) is 0 Å². The maximum atomic E-state index is 12.5. The van der Waals surface area contributed by atoms with Gasteiger partial charge in [-0.2, -0.15) is 5.10 Å². The van der Waals surface area contributed by atoms with Gasteiger partial charge in [-0.05, 0) is 24.1 Å². The minimum Gasteiger partial charge on any atom is -0.480 e. The molecule has 3 aromatic rings. The predicted octanol–water partition coefficient (Wildman–Crippen LogP) is 1.56. The van der Waals surface area contributed by atoms with Crippen molar-refractivity contribution in [2.45, 2.75) is 19.9 Å². The summed E-state index contributed by atoms with van der Waals surface area (Å²) in [5.41, 5.74) is 2.22. The topological polar surface area (TPSA) is 94.8 Å². The molecule has 0 aliphatic carbocycles. The van der Waals surface area contributed by atoms with Crippen LogP contribution in [0.4, 0.5) is 0 Å². The number of methoxy groups -OCH3 is 1. The normalized spacial score (nSPS) is 10.5. The number of aromatic nitrogens is 5. The average Bonchev–Trinajstić information content (AvgIpc) is 3.11. The van der Waals surface area contributed by atoms with E-state index in [1.165, 1.54) is 7.11 Å². The summed E-state index contributed by atoms with van der Waals surface area (Å²) in [4.78, 5) is 16.5. The second-order valence-corrected chi connectivity index (χ2v) is 5.25. The fourth-order valence-electron chi connectivity index (χ4n) is 2.42. The zero-order valence-electron chi connectivity index (χ0n) is 14.0. The molecule has 1 amide bonds. The monoisotopic (exact) mass is 338 g/mol. The Morgan fingerprint density at radius 3 is 2.76 bits per heavy atom. The van der Waals surface area contributed by atoms with Crippen LogP contribution in [-0.2, 0) is 13.0 Å². The molecule has 0 unspecified atom stereocenters. The molecule has 0 bridgehead atoms. The summed E-state index contributed by atoms with van der Waals surface area (Å²) in [5.74, 6) is 0.765. The molecule has 1 N–H and O–H groups in total. The van der Waals surface area contributed by atoms with Crippen molar-refractivity contribution in [3.63, 3.8) is 0 Å². The number of carbonyl (C=O) groups is 1. The molecule has 8 heteroatoms. The molecular formula is C17H18N6O2. The van der Waals surface area contributed by atoms with Gasteiger partial charge in [-0.1, -0.05) is 13.0 Å². The van der Waals surface area contributed by atoms with Crippen LogP contribution >= 0.6 is 0 Å². The third-order valence-electron chi connectivity index (χ3n) is 3.68. The Morgan fingerprint density at radius 1 is 1.24 bits per heavy atom. The summed E-state index contributed by atoms with van der Waals surface area (Å²) in [6, 6.07) is 7.19. The van der Waals surface area contributed by atoms with Crippen molar-refractivity contribution >= 4 is 5.91 Å². The lowest BCUT2D eigenvalue weighted by atomic mass is 10.2. The van der Waals surface area contributed by atoms with Crippen molar-refractivity contribution in [3.8, 4) is 11.7 Å². The summed E-state index contributed by atoms with van der Waals surface area (Å²) >= 11 is 0. The van der Waals surface area contributed by atoms with Crippen molar-refractivity contribution in [1.29, 1.82) is 0 Å². The predicted molar refractivity (Wildman–Crippen MR) is 90.5 cm³/mol. The van der Waals surface area contributed by atoms with Gasteiger partial charge in [-0.3, -0.25) is 9.78 Å². The molecule has 8 nitrogen and oxygen atoms in total. The molecule has 3 aromatic heterocycles. The Kier molecular flexibility index (Phi) is 4.98. The van der Waals surface area contributed by atoms with E-state index >= 15 is 0 Å². The van der Waals surface area contributed by atoms with Crippen LogP contribution in [0.3, 0.4) is 0 Å². The third kappa shape index (κ3) is 3.63. The average molecular weight is 338 g/mol. The van der Waals surface area contributed by atoms with E-state index in [-0.39, 0.29) is 5.91 Å². The molecule has 0 aromatic carbocycles. The van der Waals surface area contributed by atoms with E-state index in [2.05, 4.69) is 25.6 Å². The van der Waals surface area contributed by atoms with E-state index in [0.29, 0.717) is 30.2 Å². The highest BCUT2D eigenvalue weighted by Crippen LogP contribution is 2.15. The summed E-state index contributed by atoms with van der Waals surface area (Å²) in [6.07, 6.45) is 5.59. The molecular weight excluding hydrogens is 320 g/mol. The van der Waals surface area contributed by atoms with Gasteiger partial charge in [-0.25, -0.2) is 4.68 Å². The highest BCUT2D eigenvalue weighted by Gasteiger charge is 2.18. The lowest BCUT2D eigenvalue weighted by molar-refractivity contribution is 0.0950. The molecule has 0 aliphatic rings. The highest BCUT2D eigenvalue weighted by molar-refractivity contribution is 5.95. The zero-order chi connectivity index (χ0) is 17.6. The van der Waals surface area contributed by atoms with Crippen molar-refractivity contribution < 1.29 is 9.53 Å². The van der Waals surface area contributed by atoms with Crippen LogP contribution in [0.25, 0.3) is 5.82 Å². The molecule has 0 aliphatic heterocycles. The molecule has 0 saturated heterocycles. The van der Waals surface area contributed by atoms with Gasteiger partial charge in [0.05, 0.1) is 24.6 Å². The van der Waals surface area contributed by atoms with E-state index < -0.39 is 0 Å². The fourth-order valence-corrected chi connectivity index (χ4v) is 2.42. The second kappa shape index (κ2) is 7.52. The maximum absolute atomic E-state index is 12.5. The van der Waals surface area contributed by atoms with Gasteiger partial charge in [0.2, 0.25) is 5.88 Å². The number of nitrogens with one attached hydrogen (secondary N) is 1. The van der Waals surface area contributed by atoms with E-state index in [4.69, 9.17) is 4.74 Å². The van der Waals surface area contributed by atoms with Crippen LogP contribution < -0.4 is 10.1 Å². The number of ether oxygens (including phenoxy) is 1. The minimum atomic E-state index is -0.187. The van der Waals surface area contributed by atoms with Gasteiger partial charge in [-0.15, -0.1) is 10.2 Å². The Labute approximate surface area is 144 Å². The number of rotatable bonds is 6. The molecule has 3 heterocycles. The maximum Gasteiger partial charge on any atom is 0.255 e. The third-order valence-corrected chi connectivity index (χ3v) is 3.68. The summed E-state index contributed by atoms with van der Waals surface area (Å²) in [6.45, 7) is 2.37. The molecule has 25 heavy (non-hydrogen) atoms. The first-order chi connectivity index (χ1) is 12.2. The first-order valence-corrected chi connectivity index (χ1v) is 7.85. The molecule has 0 fully saturated rings. The fraction of sp³-hybridized carbons (Fsp3) is 0.235. The number of amides is 1. The quantitative estimate of drug-likeness (QED) is 0.733. The molecule has 0 radical (unpaired) electrons. The number of hydrogen-bond donors (Lipinski definition) is 1. The van der Waals surface area contributed by atoms with Gasteiger partial charge >= 0.3 is 0 Å². The lowest BCUT2D eigenvalue weighted by Gasteiger charge is -2.08. The van der Waals surface area contributed by atoms with Crippen LogP contribution in [0.2, 0.25) is 0 Å². The number of nitrogens with zero attached hydrogens (tertiary/aromatic N) is 5. The van der Waals surface area contributed by atoms with Crippen molar-refractivity contribution in [2.75, 3.05) is 7.11 Å². The second-order valence-electron chi connectivity index (χ2n) is 5.25. The van der Waals surface area contributed by atoms with E-state index in [1.807, 2.05) is 19.1 Å².